The van der Waals surface area contributed by atoms with Gasteiger partial charge in [0.1, 0.15) is 24.7 Å². The van der Waals surface area contributed by atoms with E-state index in [9.17, 15) is 9.59 Å². The molecule has 35 heavy (non-hydrogen) atoms. The van der Waals surface area contributed by atoms with E-state index < -0.39 is 0 Å². The smallest absolute Gasteiger partial charge is 0.317 e. The van der Waals surface area contributed by atoms with Gasteiger partial charge in [-0.2, -0.15) is 0 Å². The summed E-state index contributed by atoms with van der Waals surface area (Å²) in [6.07, 6.45) is 3.52. The molecule has 0 spiro atoms. The fourth-order valence-corrected chi connectivity index (χ4v) is 5.52. The van der Waals surface area contributed by atoms with Gasteiger partial charge in [0.2, 0.25) is 5.91 Å². The standard InChI is InChI=1S/C26H35N3O5S/c1-3-11-27-26(31)28(16-21-8-5-13-33-21)17-25(30)29-12-9-24-22(10-14-35-24)23(29)18-34-20-7-4-6-19(15-20)32-2/h4,6-7,10,14-15,21,23H,3,5,8-9,11-13,16-18H2,1-2H3,(H,27,31)/t21-,23-/m0/s1. The predicted molar refractivity (Wildman–Crippen MR) is 135 cm³/mol. The van der Waals surface area contributed by atoms with Crippen molar-refractivity contribution in [2.45, 2.75) is 44.8 Å². The number of hydrogen-bond donors (Lipinski definition) is 1. The van der Waals surface area contributed by atoms with Gasteiger partial charge >= 0.3 is 6.03 Å². The largest absolute Gasteiger partial charge is 0.497 e. The molecule has 3 heterocycles. The van der Waals surface area contributed by atoms with E-state index >= 15 is 0 Å². The Morgan fingerprint density at radius 2 is 2.14 bits per heavy atom. The first-order valence-electron chi connectivity index (χ1n) is 12.4. The molecule has 0 radical (unpaired) electrons. The number of ether oxygens (including phenoxy) is 3. The molecule has 1 aromatic carbocycles. The number of hydrogen-bond acceptors (Lipinski definition) is 6. The van der Waals surface area contributed by atoms with Crippen LogP contribution in [-0.4, -0.2) is 74.3 Å². The number of carbonyl (C=O) groups excluding carboxylic acids is 2. The second-order valence-electron chi connectivity index (χ2n) is 8.89. The van der Waals surface area contributed by atoms with Gasteiger partial charge < -0.3 is 29.3 Å². The normalized spacial score (nSPS) is 19.2. The molecule has 8 nitrogen and oxygen atoms in total. The van der Waals surface area contributed by atoms with Crippen LogP contribution in [0.2, 0.25) is 0 Å². The predicted octanol–water partition coefficient (Wildman–Crippen LogP) is 3.86. The highest BCUT2D eigenvalue weighted by atomic mass is 32.1. The SMILES string of the molecule is CCCNC(=O)N(CC(=O)N1CCc2sccc2[C@@H]1COc1cccc(OC)c1)C[C@@H]1CCCO1. The van der Waals surface area contributed by atoms with E-state index in [1.54, 1.807) is 23.3 Å². The highest BCUT2D eigenvalue weighted by molar-refractivity contribution is 7.10. The number of nitrogens with one attached hydrogen (secondary N) is 1. The minimum Gasteiger partial charge on any atom is -0.497 e. The maximum absolute atomic E-state index is 13.6. The van der Waals surface area contributed by atoms with Crippen molar-refractivity contribution >= 4 is 23.3 Å². The van der Waals surface area contributed by atoms with Gasteiger partial charge in [-0.15, -0.1) is 11.3 Å². The molecule has 2 atom stereocenters. The molecule has 1 fully saturated rings. The van der Waals surface area contributed by atoms with E-state index in [0.717, 1.165) is 37.0 Å². The molecule has 190 valence electrons. The van der Waals surface area contributed by atoms with Crippen molar-refractivity contribution in [1.29, 1.82) is 0 Å². The Hall–Kier alpha value is -2.78. The number of amides is 3. The summed E-state index contributed by atoms with van der Waals surface area (Å²) in [5.74, 6) is 1.34. The van der Waals surface area contributed by atoms with Crippen molar-refractivity contribution in [3.8, 4) is 11.5 Å². The summed E-state index contributed by atoms with van der Waals surface area (Å²) in [6, 6.07) is 9.12. The van der Waals surface area contributed by atoms with Crippen LogP contribution in [0.3, 0.4) is 0 Å². The summed E-state index contributed by atoms with van der Waals surface area (Å²) < 4.78 is 17.2. The van der Waals surface area contributed by atoms with Gasteiger partial charge in [-0.05, 0) is 54.8 Å². The molecule has 0 aliphatic carbocycles. The molecule has 0 saturated carbocycles. The number of rotatable bonds is 10. The minimum atomic E-state index is -0.216. The van der Waals surface area contributed by atoms with E-state index in [1.165, 1.54) is 4.88 Å². The molecule has 9 heteroatoms. The molecule has 1 aromatic heterocycles. The first kappa shape index (κ1) is 25.3. The monoisotopic (exact) mass is 501 g/mol. The Labute approximate surface area is 211 Å². The third-order valence-electron chi connectivity index (χ3n) is 6.45. The van der Waals surface area contributed by atoms with Gasteiger partial charge in [0.25, 0.3) is 0 Å². The number of nitrogens with zero attached hydrogens (tertiary/aromatic N) is 2. The molecular formula is C26H35N3O5S. The van der Waals surface area contributed by atoms with Crippen LogP contribution in [0.25, 0.3) is 0 Å². The highest BCUT2D eigenvalue weighted by Crippen LogP contribution is 2.34. The van der Waals surface area contributed by atoms with Gasteiger partial charge in [-0.25, -0.2) is 4.79 Å². The number of benzene rings is 1. The van der Waals surface area contributed by atoms with Crippen LogP contribution in [0.4, 0.5) is 4.79 Å². The molecule has 2 aromatic rings. The summed E-state index contributed by atoms with van der Waals surface area (Å²) in [5, 5.41) is 4.99. The van der Waals surface area contributed by atoms with Crippen molar-refractivity contribution in [3.05, 3.63) is 46.2 Å². The number of carbonyl (C=O) groups is 2. The third kappa shape index (κ3) is 6.46. The fraction of sp³-hybridized carbons (Fsp3) is 0.538. The maximum Gasteiger partial charge on any atom is 0.317 e. The first-order chi connectivity index (χ1) is 17.1. The average Bonchev–Trinajstić information content (AvgIpc) is 3.57. The summed E-state index contributed by atoms with van der Waals surface area (Å²) >= 11 is 1.72. The zero-order chi connectivity index (χ0) is 24.6. The molecule has 1 saturated heterocycles. The van der Waals surface area contributed by atoms with Crippen LogP contribution in [0, 0.1) is 0 Å². The number of methoxy groups -OCH3 is 1. The lowest BCUT2D eigenvalue weighted by Gasteiger charge is -2.37. The number of fused-ring (bicyclic) bond motifs is 1. The average molecular weight is 502 g/mol. The summed E-state index contributed by atoms with van der Waals surface area (Å²) in [6.45, 7) is 4.66. The number of urea groups is 1. The van der Waals surface area contributed by atoms with E-state index in [-0.39, 0.29) is 30.6 Å². The van der Waals surface area contributed by atoms with Gasteiger partial charge in [0.05, 0.1) is 19.3 Å². The lowest BCUT2D eigenvalue weighted by Crippen LogP contribution is -2.51. The van der Waals surface area contributed by atoms with E-state index in [1.807, 2.05) is 36.1 Å². The van der Waals surface area contributed by atoms with E-state index in [4.69, 9.17) is 14.2 Å². The van der Waals surface area contributed by atoms with E-state index in [2.05, 4.69) is 16.8 Å². The van der Waals surface area contributed by atoms with Crippen LogP contribution in [0.1, 0.15) is 42.7 Å². The molecule has 2 aliphatic rings. The quantitative estimate of drug-likeness (QED) is 0.535. The Kier molecular flexibility index (Phi) is 8.87. The van der Waals surface area contributed by atoms with Crippen LogP contribution >= 0.6 is 11.3 Å². The maximum atomic E-state index is 13.6. The Morgan fingerprint density at radius 1 is 1.29 bits per heavy atom. The Morgan fingerprint density at radius 3 is 2.91 bits per heavy atom. The molecular weight excluding hydrogens is 466 g/mol. The van der Waals surface area contributed by atoms with Gasteiger partial charge in [0.15, 0.2) is 0 Å². The van der Waals surface area contributed by atoms with Crippen molar-refractivity contribution < 1.29 is 23.8 Å². The molecule has 0 unspecified atom stereocenters. The summed E-state index contributed by atoms with van der Waals surface area (Å²) in [4.78, 5) is 31.2. The summed E-state index contributed by atoms with van der Waals surface area (Å²) in [5.41, 5.74) is 1.12. The number of thiophene rings is 1. The minimum absolute atomic E-state index is 0.0184. The second kappa shape index (κ2) is 12.3. The van der Waals surface area contributed by atoms with E-state index in [0.29, 0.717) is 38.6 Å². The second-order valence-corrected chi connectivity index (χ2v) is 9.89. The fourth-order valence-electron chi connectivity index (χ4n) is 4.59. The zero-order valence-corrected chi connectivity index (χ0v) is 21.4. The zero-order valence-electron chi connectivity index (χ0n) is 20.5. The van der Waals surface area contributed by atoms with Gasteiger partial charge in [-0.3, -0.25) is 4.79 Å². The van der Waals surface area contributed by atoms with Crippen molar-refractivity contribution in [1.82, 2.24) is 15.1 Å². The van der Waals surface area contributed by atoms with Gasteiger partial charge in [0, 0.05) is 37.2 Å². The molecule has 2 aliphatic heterocycles. The lowest BCUT2D eigenvalue weighted by atomic mass is 10.0. The summed E-state index contributed by atoms with van der Waals surface area (Å²) in [7, 11) is 1.62. The van der Waals surface area contributed by atoms with Crippen LogP contribution in [0.5, 0.6) is 11.5 Å². The third-order valence-corrected chi connectivity index (χ3v) is 7.45. The van der Waals surface area contributed by atoms with Crippen LogP contribution in [-0.2, 0) is 16.0 Å². The molecule has 0 bridgehead atoms. The highest BCUT2D eigenvalue weighted by Gasteiger charge is 2.34. The van der Waals surface area contributed by atoms with Crippen LogP contribution in [0.15, 0.2) is 35.7 Å². The van der Waals surface area contributed by atoms with Crippen LogP contribution < -0.4 is 14.8 Å². The molecule has 4 rings (SSSR count). The molecule has 1 N–H and O–H groups in total. The van der Waals surface area contributed by atoms with Crippen molar-refractivity contribution in [2.75, 3.05) is 46.5 Å². The topological polar surface area (TPSA) is 80.3 Å². The Balaban J connectivity index is 1.48. The molecule has 3 amide bonds. The lowest BCUT2D eigenvalue weighted by molar-refractivity contribution is -0.135. The Bertz CT molecular complexity index is 991. The van der Waals surface area contributed by atoms with Gasteiger partial charge in [-0.1, -0.05) is 13.0 Å². The van der Waals surface area contributed by atoms with Crippen molar-refractivity contribution in [2.24, 2.45) is 0 Å². The van der Waals surface area contributed by atoms with Crippen molar-refractivity contribution in [3.63, 3.8) is 0 Å². The first-order valence-corrected chi connectivity index (χ1v) is 13.2.